The summed E-state index contributed by atoms with van der Waals surface area (Å²) in [6, 6.07) is 13.1. The molecule has 4 nitrogen and oxygen atoms in total. The fourth-order valence-corrected chi connectivity index (χ4v) is 4.32. The van der Waals surface area contributed by atoms with Gasteiger partial charge >= 0.3 is 0 Å². The van der Waals surface area contributed by atoms with Gasteiger partial charge in [0.05, 0.1) is 23.6 Å². The molecule has 1 amide bonds. The molecule has 0 aromatic heterocycles. The van der Waals surface area contributed by atoms with E-state index in [9.17, 15) is 14.7 Å². The maximum Gasteiger partial charge on any atom is 0.255 e. The van der Waals surface area contributed by atoms with Crippen LogP contribution in [-0.4, -0.2) is 16.8 Å². The number of carboxylic acid groups (broad SMARTS) is 1. The first kappa shape index (κ1) is 14.9. The number of carbonyl (C=O) groups excluding carboxylic acids is 2. The Hall–Kier alpha value is -2.62. The molecular formula is C20H18NO3-. The predicted molar refractivity (Wildman–Crippen MR) is 87.6 cm³/mol. The zero-order valence-corrected chi connectivity index (χ0v) is 13.7. The monoisotopic (exact) mass is 320 g/mol. The lowest BCUT2D eigenvalue weighted by atomic mass is 9.88. The number of carbonyl (C=O) groups is 2. The summed E-state index contributed by atoms with van der Waals surface area (Å²) in [4.78, 5) is 26.4. The van der Waals surface area contributed by atoms with Gasteiger partial charge in [-0.1, -0.05) is 49.4 Å². The van der Waals surface area contributed by atoms with E-state index in [1.807, 2.05) is 30.0 Å². The number of amides is 1. The molecule has 0 N–H and O–H groups in total. The van der Waals surface area contributed by atoms with Crippen molar-refractivity contribution in [3.63, 3.8) is 0 Å². The Labute approximate surface area is 140 Å². The van der Waals surface area contributed by atoms with Gasteiger partial charge in [-0.25, -0.2) is 0 Å². The molecule has 4 heteroatoms. The largest absolute Gasteiger partial charge is 0.545 e. The molecule has 0 radical (unpaired) electrons. The number of rotatable bonds is 1. The summed E-state index contributed by atoms with van der Waals surface area (Å²) in [6.45, 7) is 4.19. The Balaban J connectivity index is 1.91. The molecule has 0 spiro atoms. The quantitative estimate of drug-likeness (QED) is 0.812. The van der Waals surface area contributed by atoms with Gasteiger partial charge in [0.15, 0.2) is 0 Å². The number of fused-ring (bicyclic) bond motifs is 4. The molecule has 2 heterocycles. The van der Waals surface area contributed by atoms with Crippen molar-refractivity contribution in [2.45, 2.75) is 38.3 Å². The van der Waals surface area contributed by atoms with E-state index < -0.39 is 5.97 Å². The second-order valence-corrected chi connectivity index (χ2v) is 6.73. The zero-order chi connectivity index (χ0) is 17.0. The minimum Gasteiger partial charge on any atom is -0.545 e. The Morgan fingerprint density at radius 2 is 1.71 bits per heavy atom. The van der Waals surface area contributed by atoms with E-state index in [1.54, 1.807) is 6.07 Å². The summed E-state index contributed by atoms with van der Waals surface area (Å²) < 4.78 is 0. The molecule has 4 rings (SSSR count). The maximum absolute atomic E-state index is 13.1. The lowest BCUT2D eigenvalue weighted by Gasteiger charge is -2.29. The van der Waals surface area contributed by atoms with Gasteiger partial charge in [-0.05, 0) is 36.0 Å². The van der Waals surface area contributed by atoms with Crippen LogP contribution in [0.15, 0.2) is 42.5 Å². The van der Waals surface area contributed by atoms with Crippen LogP contribution in [0.4, 0.5) is 0 Å². The molecule has 0 fully saturated rings. The molecular weight excluding hydrogens is 302 g/mol. The van der Waals surface area contributed by atoms with Crippen molar-refractivity contribution in [2.75, 3.05) is 0 Å². The van der Waals surface area contributed by atoms with E-state index in [2.05, 4.69) is 19.1 Å². The molecule has 0 saturated heterocycles. The fourth-order valence-electron chi connectivity index (χ4n) is 4.32. The van der Waals surface area contributed by atoms with E-state index in [0.29, 0.717) is 11.5 Å². The highest BCUT2D eigenvalue weighted by Gasteiger charge is 2.44. The highest BCUT2D eigenvalue weighted by atomic mass is 16.4. The smallest absolute Gasteiger partial charge is 0.255 e. The SMILES string of the molecule is C[C@@H]1c2ccccc2[C@@H](C)C[C@@H]2c3cccc(C(=O)[O-])c3C(=O)N12. The van der Waals surface area contributed by atoms with Crippen LogP contribution in [0.1, 0.15) is 75.7 Å². The third-order valence-electron chi connectivity index (χ3n) is 5.43. The second-order valence-electron chi connectivity index (χ2n) is 6.73. The van der Waals surface area contributed by atoms with Crippen molar-refractivity contribution in [2.24, 2.45) is 0 Å². The van der Waals surface area contributed by atoms with Crippen molar-refractivity contribution in [1.82, 2.24) is 4.90 Å². The van der Waals surface area contributed by atoms with Crippen LogP contribution in [-0.2, 0) is 0 Å². The van der Waals surface area contributed by atoms with Gasteiger partial charge in [-0.2, -0.15) is 0 Å². The summed E-state index contributed by atoms with van der Waals surface area (Å²) >= 11 is 0. The van der Waals surface area contributed by atoms with Gasteiger partial charge in [0.2, 0.25) is 0 Å². The third kappa shape index (κ3) is 1.92. The number of hydrogen-bond acceptors (Lipinski definition) is 3. The average molecular weight is 320 g/mol. The number of nitrogens with zero attached hydrogens (tertiary/aromatic N) is 1. The van der Waals surface area contributed by atoms with Crippen molar-refractivity contribution < 1.29 is 14.7 Å². The van der Waals surface area contributed by atoms with Crippen LogP contribution in [0.2, 0.25) is 0 Å². The fraction of sp³-hybridized carbons (Fsp3) is 0.300. The van der Waals surface area contributed by atoms with E-state index in [4.69, 9.17) is 0 Å². The molecule has 2 aliphatic rings. The molecule has 2 aromatic carbocycles. The molecule has 0 unspecified atom stereocenters. The van der Waals surface area contributed by atoms with Crippen molar-refractivity contribution >= 4 is 11.9 Å². The molecule has 3 atom stereocenters. The van der Waals surface area contributed by atoms with Gasteiger partial charge in [0.1, 0.15) is 0 Å². The molecule has 122 valence electrons. The van der Waals surface area contributed by atoms with E-state index in [-0.39, 0.29) is 23.6 Å². The minimum absolute atomic E-state index is 0.00119. The second kappa shape index (κ2) is 5.20. The molecule has 2 aliphatic heterocycles. The van der Waals surface area contributed by atoms with Crippen LogP contribution >= 0.6 is 0 Å². The van der Waals surface area contributed by atoms with Crippen LogP contribution in [0.5, 0.6) is 0 Å². The highest BCUT2D eigenvalue weighted by Crippen LogP contribution is 2.49. The number of benzene rings is 2. The Morgan fingerprint density at radius 3 is 2.42 bits per heavy atom. The summed E-state index contributed by atoms with van der Waals surface area (Å²) in [5.74, 6) is -1.20. The standard InChI is InChI=1S/C20H19NO3/c1-11-10-17-15-8-5-9-16(20(23)24)18(15)19(22)21(17)12(2)14-7-4-3-6-13(11)14/h3-9,11-12,17H,10H2,1-2H3,(H,23,24)/p-1/t11-,12+,17+/m0/s1. The molecule has 0 bridgehead atoms. The first-order valence-electron chi connectivity index (χ1n) is 8.26. The molecule has 0 saturated carbocycles. The van der Waals surface area contributed by atoms with Crippen molar-refractivity contribution in [3.05, 3.63) is 70.3 Å². The highest BCUT2D eigenvalue weighted by molar-refractivity contribution is 6.07. The average Bonchev–Trinajstić information content (AvgIpc) is 2.80. The van der Waals surface area contributed by atoms with Crippen LogP contribution in [0.3, 0.4) is 0 Å². The summed E-state index contributed by atoms with van der Waals surface area (Å²) in [7, 11) is 0. The van der Waals surface area contributed by atoms with E-state index >= 15 is 0 Å². The van der Waals surface area contributed by atoms with Gasteiger partial charge in [0, 0.05) is 5.56 Å². The van der Waals surface area contributed by atoms with Gasteiger partial charge in [0.25, 0.3) is 5.91 Å². The number of hydrogen-bond donors (Lipinski definition) is 0. The minimum atomic E-state index is -1.29. The molecule has 24 heavy (non-hydrogen) atoms. The van der Waals surface area contributed by atoms with Crippen LogP contribution < -0.4 is 5.11 Å². The van der Waals surface area contributed by atoms with Gasteiger partial charge in [-0.15, -0.1) is 0 Å². The normalized spacial score (nSPS) is 24.8. The molecule has 0 aliphatic carbocycles. The third-order valence-corrected chi connectivity index (χ3v) is 5.43. The summed E-state index contributed by atoms with van der Waals surface area (Å²) in [6.07, 6.45) is 0.788. The Kier molecular flexibility index (Phi) is 3.23. The Bertz CT molecular complexity index is 858. The topological polar surface area (TPSA) is 60.4 Å². The predicted octanol–water partition coefficient (Wildman–Crippen LogP) is 2.82. The van der Waals surface area contributed by atoms with Crippen LogP contribution in [0, 0.1) is 0 Å². The van der Waals surface area contributed by atoms with Crippen molar-refractivity contribution in [3.8, 4) is 0 Å². The van der Waals surface area contributed by atoms with E-state index in [1.165, 1.54) is 11.6 Å². The molecule has 2 aromatic rings. The van der Waals surface area contributed by atoms with Gasteiger partial charge in [-0.3, -0.25) is 4.79 Å². The number of aromatic carboxylic acids is 1. The maximum atomic E-state index is 13.1. The lowest BCUT2D eigenvalue weighted by molar-refractivity contribution is -0.255. The lowest BCUT2D eigenvalue weighted by Crippen LogP contribution is -2.31. The van der Waals surface area contributed by atoms with Crippen molar-refractivity contribution in [1.29, 1.82) is 0 Å². The summed E-state index contributed by atoms with van der Waals surface area (Å²) in [5.41, 5.74) is 3.53. The first-order valence-corrected chi connectivity index (χ1v) is 8.26. The van der Waals surface area contributed by atoms with Gasteiger partial charge < -0.3 is 14.8 Å². The zero-order valence-electron chi connectivity index (χ0n) is 13.7. The first-order chi connectivity index (χ1) is 11.5. The summed E-state index contributed by atoms with van der Waals surface area (Å²) in [5, 5.41) is 11.4. The van der Waals surface area contributed by atoms with Crippen LogP contribution in [0.25, 0.3) is 0 Å². The number of carboxylic acids is 1. The van der Waals surface area contributed by atoms with E-state index in [0.717, 1.165) is 17.5 Å². The Morgan fingerprint density at radius 1 is 1.04 bits per heavy atom.